The molecule has 114 valence electrons. The average Bonchev–Trinajstić information content (AvgIpc) is 3.22. The Labute approximate surface area is 120 Å². The van der Waals surface area contributed by atoms with Gasteiger partial charge in [-0.3, -0.25) is 9.59 Å². The van der Waals surface area contributed by atoms with Gasteiger partial charge >= 0.3 is 0 Å². The summed E-state index contributed by atoms with van der Waals surface area (Å²) in [6, 6.07) is -0.0991. The van der Waals surface area contributed by atoms with Gasteiger partial charge in [0.2, 0.25) is 11.8 Å². The van der Waals surface area contributed by atoms with Gasteiger partial charge in [-0.1, -0.05) is 13.8 Å². The Bertz CT molecular complexity index is 366. The second-order valence-corrected chi connectivity index (χ2v) is 6.56. The van der Waals surface area contributed by atoms with Crippen molar-refractivity contribution in [3.63, 3.8) is 0 Å². The molecule has 5 heteroatoms. The Hall–Kier alpha value is -1.10. The summed E-state index contributed by atoms with van der Waals surface area (Å²) in [5.41, 5.74) is 0. The second kappa shape index (κ2) is 6.57. The van der Waals surface area contributed by atoms with Crippen molar-refractivity contribution < 1.29 is 14.7 Å². The van der Waals surface area contributed by atoms with Crippen molar-refractivity contribution in [2.45, 2.75) is 45.6 Å². The molecule has 20 heavy (non-hydrogen) atoms. The molecule has 0 aromatic heterocycles. The molecule has 2 aliphatic rings. The molecule has 1 heterocycles. The van der Waals surface area contributed by atoms with Crippen LogP contribution in [0, 0.1) is 17.8 Å². The molecule has 1 aliphatic heterocycles. The number of rotatable bonds is 5. The lowest BCUT2D eigenvalue weighted by Gasteiger charge is -2.38. The van der Waals surface area contributed by atoms with Crippen molar-refractivity contribution in [1.29, 1.82) is 0 Å². The summed E-state index contributed by atoms with van der Waals surface area (Å²) in [7, 11) is 0. The highest BCUT2D eigenvalue weighted by atomic mass is 16.3. The maximum atomic E-state index is 12.1. The fourth-order valence-electron chi connectivity index (χ4n) is 2.73. The molecule has 0 radical (unpaired) electrons. The minimum Gasteiger partial charge on any atom is -0.396 e. The predicted octanol–water partition coefficient (Wildman–Crippen LogP) is 0.768. The van der Waals surface area contributed by atoms with Crippen molar-refractivity contribution in [2.75, 3.05) is 19.7 Å². The smallest absolute Gasteiger partial charge is 0.223 e. The molecule has 0 bridgehead atoms. The Morgan fingerprint density at radius 3 is 2.55 bits per heavy atom. The number of carbonyl (C=O) groups excluding carboxylic acids is 2. The number of likely N-dealkylation sites (tertiary alicyclic amines) is 1. The van der Waals surface area contributed by atoms with Crippen molar-refractivity contribution in [3.05, 3.63) is 0 Å². The van der Waals surface area contributed by atoms with Gasteiger partial charge in [-0.15, -0.1) is 0 Å². The van der Waals surface area contributed by atoms with Crippen molar-refractivity contribution in [1.82, 2.24) is 10.2 Å². The van der Waals surface area contributed by atoms with Crippen LogP contribution in [0.3, 0.4) is 0 Å². The monoisotopic (exact) mass is 282 g/mol. The van der Waals surface area contributed by atoms with Gasteiger partial charge in [0.25, 0.3) is 0 Å². The molecule has 0 aromatic carbocycles. The van der Waals surface area contributed by atoms with Crippen LogP contribution in [-0.2, 0) is 9.59 Å². The van der Waals surface area contributed by atoms with Crippen LogP contribution in [0.2, 0.25) is 0 Å². The van der Waals surface area contributed by atoms with Gasteiger partial charge in [0.15, 0.2) is 0 Å². The molecule has 2 N–H and O–H groups in total. The molecular formula is C15H26N2O3. The van der Waals surface area contributed by atoms with E-state index < -0.39 is 0 Å². The van der Waals surface area contributed by atoms with E-state index in [0.717, 1.165) is 19.3 Å². The SMILES string of the molecule is CC(C)CC(=O)N1CC[C@H](CO)[C@H](NC(=O)C2CC2)C1. The Morgan fingerprint density at radius 1 is 1.30 bits per heavy atom. The molecule has 1 saturated carbocycles. The van der Waals surface area contributed by atoms with E-state index >= 15 is 0 Å². The molecule has 2 fully saturated rings. The van der Waals surface area contributed by atoms with Gasteiger partial charge in [0.05, 0.1) is 6.04 Å². The summed E-state index contributed by atoms with van der Waals surface area (Å²) in [6.45, 7) is 5.36. The lowest BCUT2D eigenvalue weighted by atomic mass is 9.91. The number of piperidine rings is 1. The first-order valence-corrected chi connectivity index (χ1v) is 7.70. The molecule has 2 atom stereocenters. The number of aliphatic hydroxyl groups excluding tert-OH is 1. The van der Waals surface area contributed by atoms with Crippen LogP contribution in [0.15, 0.2) is 0 Å². The zero-order chi connectivity index (χ0) is 14.7. The molecule has 0 aromatic rings. The zero-order valence-electron chi connectivity index (χ0n) is 12.5. The third-order valence-electron chi connectivity index (χ3n) is 4.20. The standard InChI is InChI=1S/C15H26N2O3/c1-10(2)7-14(19)17-6-5-12(9-18)13(8-17)16-15(20)11-3-4-11/h10-13,18H,3-9H2,1-2H3,(H,16,20)/t12-,13-/m1/s1. The van der Waals surface area contributed by atoms with Gasteiger partial charge in [-0.2, -0.15) is 0 Å². The fourth-order valence-corrected chi connectivity index (χ4v) is 2.73. The molecule has 5 nitrogen and oxygen atoms in total. The second-order valence-electron chi connectivity index (χ2n) is 6.56. The number of carbonyl (C=O) groups is 2. The summed E-state index contributed by atoms with van der Waals surface area (Å²) in [5.74, 6) is 0.822. The maximum absolute atomic E-state index is 12.1. The number of hydrogen-bond acceptors (Lipinski definition) is 3. The van der Waals surface area contributed by atoms with Crippen LogP contribution in [0.1, 0.15) is 39.5 Å². The Balaban J connectivity index is 1.92. The van der Waals surface area contributed by atoms with Crippen LogP contribution in [0.4, 0.5) is 0 Å². The molecule has 2 amide bonds. The van der Waals surface area contributed by atoms with Crippen molar-refractivity contribution in [2.24, 2.45) is 17.8 Å². The molecule has 0 spiro atoms. The topological polar surface area (TPSA) is 69.6 Å². The summed E-state index contributed by atoms with van der Waals surface area (Å²) < 4.78 is 0. The lowest BCUT2D eigenvalue weighted by molar-refractivity contribution is -0.135. The molecule has 2 rings (SSSR count). The van der Waals surface area contributed by atoms with E-state index in [1.807, 2.05) is 18.7 Å². The summed E-state index contributed by atoms with van der Waals surface area (Å²) >= 11 is 0. The van der Waals surface area contributed by atoms with E-state index in [2.05, 4.69) is 5.32 Å². The van der Waals surface area contributed by atoms with Gasteiger partial charge in [0, 0.05) is 38.0 Å². The minimum absolute atomic E-state index is 0.0702. The number of amides is 2. The Morgan fingerprint density at radius 2 is 2.00 bits per heavy atom. The van der Waals surface area contributed by atoms with Gasteiger partial charge in [-0.25, -0.2) is 0 Å². The predicted molar refractivity (Wildman–Crippen MR) is 75.9 cm³/mol. The highest BCUT2D eigenvalue weighted by molar-refractivity contribution is 5.81. The van der Waals surface area contributed by atoms with E-state index in [0.29, 0.717) is 25.4 Å². The first-order chi connectivity index (χ1) is 9.51. The highest BCUT2D eigenvalue weighted by Gasteiger charge is 2.36. The maximum Gasteiger partial charge on any atom is 0.223 e. The van der Waals surface area contributed by atoms with E-state index in [1.54, 1.807) is 0 Å². The fraction of sp³-hybridized carbons (Fsp3) is 0.867. The highest BCUT2D eigenvalue weighted by Crippen LogP contribution is 2.29. The van der Waals surface area contributed by atoms with Crippen LogP contribution in [0.5, 0.6) is 0 Å². The average molecular weight is 282 g/mol. The molecular weight excluding hydrogens is 256 g/mol. The van der Waals surface area contributed by atoms with E-state index in [4.69, 9.17) is 0 Å². The van der Waals surface area contributed by atoms with Crippen molar-refractivity contribution in [3.8, 4) is 0 Å². The number of nitrogens with zero attached hydrogens (tertiary/aromatic N) is 1. The number of hydrogen-bond donors (Lipinski definition) is 2. The summed E-state index contributed by atoms with van der Waals surface area (Å²) in [5, 5.41) is 12.5. The van der Waals surface area contributed by atoms with E-state index in [-0.39, 0.29) is 36.3 Å². The summed E-state index contributed by atoms with van der Waals surface area (Å²) in [6.07, 6.45) is 3.25. The van der Waals surface area contributed by atoms with Crippen LogP contribution in [-0.4, -0.2) is 47.6 Å². The first-order valence-electron chi connectivity index (χ1n) is 7.70. The molecule has 0 unspecified atom stereocenters. The minimum atomic E-state index is -0.0991. The van der Waals surface area contributed by atoms with Gasteiger partial charge < -0.3 is 15.3 Å². The summed E-state index contributed by atoms with van der Waals surface area (Å²) in [4.78, 5) is 25.9. The lowest BCUT2D eigenvalue weighted by Crippen LogP contribution is -2.55. The first kappa shape index (κ1) is 15.3. The van der Waals surface area contributed by atoms with E-state index in [9.17, 15) is 14.7 Å². The molecule has 1 aliphatic carbocycles. The number of nitrogens with one attached hydrogen (secondary N) is 1. The van der Waals surface area contributed by atoms with Crippen LogP contribution < -0.4 is 5.32 Å². The van der Waals surface area contributed by atoms with Gasteiger partial charge in [0.1, 0.15) is 0 Å². The third kappa shape index (κ3) is 3.95. The molecule has 1 saturated heterocycles. The van der Waals surface area contributed by atoms with Crippen molar-refractivity contribution >= 4 is 11.8 Å². The van der Waals surface area contributed by atoms with E-state index in [1.165, 1.54) is 0 Å². The zero-order valence-corrected chi connectivity index (χ0v) is 12.5. The quantitative estimate of drug-likeness (QED) is 0.782. The van der Waals surface area contributed by atoms with Crippen LogP contribution in [0.25, 0.3) is 0 Å². The Kier molecular flexibility index (Phi) is 5.02. The number of aliphatic hydroxyl groups is 1. The normalized spacial score (nSPS) is 26.7. The largest absolute Gasteiger partial charge is 0.396 e. The van der Waals surface area contributed by atoms with Crippen LogP contribution >= 0.6 is 0 Å². The third-order valence-corrected chi connectivity index (χ3v) is 4.20. The van der Waals surface area contributed by atoms with Gasteiger partial charge in [-0.05, 0) is 25.2 Å².